The number of benzene rings is 2. The maximum absolute atomic E-state index is 12.4. The number of rotatable bonds is 7. The van der Waals surface area contributed by atoms with Gasteiger partial charge in [-0.15, -0.1) is 0 Å². The van der Waals surface area contributed by atoms with Crippen molar-refractivity contribution in [2.45, 2.75) is 26.2 Å². The second-order valence-electron chi connectivity index (χ2n) is 7.10. The van der Waals surface area contributed by atoms with E-state index in [9.17, 15) is 9.59 Å². The van der Waals surface area contributed by atoms with Crippen molar-refractivity contribution in [3.8, 4) is 5.75 Å². The van der Waals surface area contributed by atoms with Gasteiger partial charge < -0.3 is 15.0 Å². The fourth-order valence-corrected chi connectivity index (χ4v) is 3.18. The van der Waals surface area contributed by atoms with Crippen LogP contribution < -0.4 is 15.0 Å². The van der Waals surface area contributed by atoms with Crippen LogP contribution >= 0.6 is 0 Å². The summed E-state index contributed by atoms with van der Waals surface area (Å²) < 4.78 is 5.57. The highest BCUT2D eigenvalue weighted by atomic mass is 16.5. The minimum absolute atomic E-state index is 0.00650. The van der Waals surface area contributed by atoms with Crippen molar-refractivity contribution in [2.75, 3.05) is 24.6 Å². The van der Waals surface area contributed by atoms with Crippen LogP contribution in [0.15, 0.2) is 54.6 Å². The molecule has 142 valence electrons. The molecule has 27 heavy (non-hydrogen) atoms. The van der Waals surface area contributed by atoms with Crippen LogP contribution in [-0.4, -0.2) is 31.5 Å². The molecule has 5 heteroatoms. The van der Waals surface area contributed by atoms with Crippen molar-refractivity contribution in [3.05, 3.63) is 60.2 Å². The van der Waals surface area contributed by atoms with Crippen molar-refractivity contribution in [2.24, 2.45) is 5.92 Å². The summed E-state index contributed by atoms with van der Waals surface area (Å²) in [5.41, 5.74) is 2.09. The Labute approximate surface area is 160 Å². The lowest BCUT2D eigenvalue weighted by atomic mass is 10.0. The van der Waals surface area contributed by atoms with E-state index in [4.69, 9.17) is 4.74 Å². The van der Waals surface area contributed by atoms with E-state index in [1.54, 1.807) is 4.90 Å². The summed E-state index contributed by atoms with van der Waals surface area (Å²) in [5, 5.41) is 2.87. The van der Waals surface area contributed by atoms with E-state index in [-0.39, 0.29) is 24.2 Å². The van der Waals surface area contributed by atoms with E-state index in [0.29, 0.717) is 25.6 Å². The zero-order chi connectivity index (χ0) is 19.2. The summed E-state index contributed by atoms with van der Waals surface area (Å²) in [6.45, 7) is 5.51. The predicted molar refractivity (Wildman–Crippen MR) is 106 cm³/mol. The smallest absolute Gasteiger partial charge is 0.227 e. The van der Waals surface area contributed by atoms with E-state index in [2.05, 4.69) is 19.2 Å². The molecule has 0 aromatic heterocycles. The van der Waals surface area contributed by atoms with Crippen LogP contribution in [0.3, 0.4) is 0 Å². The Morgan fingerprint density at radius 3 is 2.52 bits per heavy atom. The maximum atomic E-state index is 12.4. The first-order valence-corrected chi connectivity index (χ1v) is 9.40. The Morgan fingerprint density at radius 2 is 1.85 bits per heavy atom. The highest BCUT2D eigenvalue weighted by Crippen LogP contribution is 2.26. The highest BCUT2D eigenvalue weighted by Gasteiger charge is 2.34. The van der Waals surface area contributed by atoms with Gasteiger partial charge in [-0.3, -0.25) is 9.59 Å². The Kier molecular flexibility index (Phi) is 6.12. The highest BCUT2D eigenvalue weighted by molar-refractivity contribution is 6.00. The lowest BCUT2D eigenvalue weighted by Crippen LogP contribution is -2.35. The molecular formula is C22H26N2O3. The van der Waals surface area contributed by atoms with Crippen molar-refractivity contribution >= 4 is 17.5 Å². The van der Waals surface area contributed by atoms with Crippen LogP contribution in [0.4, 0.5) is 5.69 Å². The minimum Gasteiger partial charge on any atom is -0.492 e. The largest absolute Gasteiger partial charge is 0.492 e. The standard InChI is InChI=1S/C22H26N2O3/c1-16(2)17-8-10-19(11-9-17)24-15-18(14-21(24)25)22(26)23-12-13-27-20-6-4-3-5-7-20/h3-11,16,18H,12-15H2,1-2H3,(H,23,26). The topological polar surface area (TPSA) is 58.6 Å². The molecule has 1 saturated heterocycles. The molecule has 1 atom stereocenters. The molecule has 0 bridgehead atoms. The Hall–Kier alpha value is -2.82. The molecule has 1 heterocycles. The molecular weight excluding hydrogens is 340 g/mol. The van der Waals surface area contributed by atoms with Crippen molar-refractivity contribution in [3.63, 3.8) is 0 Å². The summed E-state index contributed by atoms with van der Waals surface area (Å²) in [6.07, 6.45) is 0.247. The van der Waals surface area contributed by atoms with Gasteiger partial charge in [0, 0.05) is 18.7 Å². The van der Waals surface area contributed by atoms with Crippen LogP contribution in [0.25, 0.3) is 0 Å². The van der Waals surface area contributed by atoms with Crippen LogP contribution in [0, 0.1) is 5.92 Å². The number of ether oxygens (including phenoxy) is 1. The molecule has 2 aromatic rings. The molecule has 0 spiro atoms. The summed E-state index contributed by atoms with van der Waals surface area (Å²) in [7, 11) is 0. The number of para-hydroxylation sites is 1. The summed E-state index contributed by atoms with van der Waals surface area (Å²) in [6, 6.07) is 17.5. The van der Waals surface area contributed by atoms with E-state index in [0.717, 1.165) is 11.4 Å². The number of anilines is 1. The van der Waals surface area contributed by atoms with Gasteiger partial charge in [0.15, 0.2) is 0 Å². The molecule has 1 aliphatic rings. The van der Waals surface area contributed by atoms with Gasteiger partial charge in [-0.1, -0.05) is 44.2 Å². The predicted octanol–water partition coefficient (Wildman–Crippen LogP) is 3.36. The third-order valence-corrected chi connectivity index (χ3v) is 4.78. The zero-order valence-electron chi connectivity index (χ0n) is 15.9. The van der Waals surface area contributed by atoms with Gasteiger partial charge in [0.05, 0.1) is 12.5 Å². The number of nitrogens with zero attached hydrogens (tertiary/aromatic N) is 1. The zero-order valence-corrected chi connectivity index (χ0v) is 15.9. The number of nitrogens with one attached hydrogen (secondary N) is 1. The average molecular weight is 366 g/mol. The molecule has 0 radical (unpaired) electrons. The molecule has 1 unspecified atom stereocenters. The number of carbonyl (C=O) groups excluding carboxylic acids is 2. The summed E-state index contributed by atoms with van der Waals surface area (Å²) in [5.74, 6) is 0.803. The van der Waals surface area contributed by atoms with Crippen molar-refractivity contribution < 1.29 is 14.3 Å². The van der Waals surface area contributed by atoms with Gasteiger partial charge in [0.1, 0.15) is 12.4 Å². The fourth-order valence-electron chi connectivity index (χ4n) is 3.18. The molecule has 2 aromatic carbocycles. The second-order valence-corrected chi connectivity index (χ2v) is 7.10. The first-order chi connectivity index (χ1) is 13.0. The van der Waals surface area contributed by atoms with Crippen LogP contribution in [0.2, 0.25) is 0 Å². The monoisotopic (exact) mass is 366 g/mol. The number of amides is 2. The second kappa shape index (κ2) is 8.71. The lowest BCUT2D eigenvalue weighted by molar-refractivity contribution is -0.126. The molecule has 3 rings (SSSR count). The number of hydrogen-bond donors (Lipinski definition) is 1. The summed E-state index contributed by atoms with van der Waals surface area (Å²) in [4.78, 5) is 26.4. The fraction of sp³-hybridized carbons (Fsp3) is 0.364. The van der Waals surface area contributed by atoms with Crippen molar-refractivity contribution in [1.29, 1.82) is 0 Å². The molecule has 1 fully saturated rings. The summed E-state index contributed by atoms with van der Waals surface area (Å²) >= 11 is 0. The average Bonchev–Trinajstić information content (AvgIpc) is 3.08. The number of carbonyl (C=O) groups is 2. The SMILES string of the molecule is CC(C)c1ccc(N2CC(C(=O)NCCOc3ccccc3)CC2=O)cc1. The maximum Gasteiger partial charge on any atom is 0.227 e. The van der Waals surface area contributed by atoms with Gasteiger partial charge in [-0.05, 0) is 35.7 Å². The third kappa shape index (κ3) is 4.88. The van der Waals surface area contributed by atoms with Crippen LogP contribution in [0.1, 0.15) is 31.7 Å². The van der Waals surface area contributed by atoms with Crippen LogP contribution in [0.5, 0.6) is 5.75 Å². The molecule has 0 aliphatic carbocycles. The first kappa shape index (κ1) is 19.0. The minimum atomic E-state index is -0.320. The van der Waals surface area contributed by atoms with Crippen molar-refractivity contribution in [1.82, 2.24) is 5.32 Å². The Morgan fingerprint density at radius 1 is 1.15 bits per heavy atom. The van der Waals surface area contributed by atoms with E-state index >= 15 is 0 Å². The van der Waals surface area contributed by atoms with E-state index in [1.165, 1.54) is 5.56 Å². The number of hydrogen-bond acceptors (Lipinski definition) is 3. The quantitative estimate of drug-likeness (QED) is 0.765. The molecule has 1 N–H and O–H groups in total. The third-order valence-electron chi connectivity index (χ3n) is 4.78. The molecule has 2 amide bonds. The lowest BCUT2D eigenvalue weighted by Gasteiger charge is -2.18. The van der Waals surface area contributed by atoms with Gasteiger partial charge >= 0.3 is 0 Å². The van der Waals surface area contributed by atoms with Gasteiger partial charge in [0.25, 0.3) is 0 Å². The van der Waals surface area contributed by atoms with E-state index < -0.39 is 0 Å². The Balaban J connectivity index is 1.48. The van der Waals surface area contributed by atoms with Gasteiger partial charge in [0.2, 0.25) is 11.8 Å². The normalized spacial score (nSPS) is 16.6. The van der Waals surface area contributed by atoms with Crippen LogP contribution in [-0.2, 0) is 9.59 Å². The Bertz CT molecular complexity index is 772. The molecule has 1 aliphatic heterocycles. The molecule has 5 nitrogen and oxygen atoms in total. The van der Waals surface area contributed by atoms with E-state index in [1.807, 2.05) is 54.6 Å². The van der Waals surface area contributed by atoms with Gasteiger partial charge in [-0.2, -0.15) is 0 Å². The van der Waals surface area contributed by atoms with Gasteiger partial charge in [-0.25, -0.2) is 0 Å². The molecule has 0 saturated carbocycles. The first-order valence-electron chi connectivity index (χ1n) is 9.40.